The summed E-state index contributed by atoms with van der Waals surface area (Å²) in [5.41, 5.74) is 1.72. The molecule has 0 atom stereocenters. The lowest BCUT2D eigenvalue weighted by molar-refractivity contribution is 0.0377. The van der Waals surface area contributed by atoms with Gasteiger partial charge in [0.1, 0.15) is 24.7 Å². The average Bonchev–Trinajstić information content (AvgIpc) is 2.80. The van der Waals surface area contributed by atoms with Crippen molar-refractivity contribution in [2.45, 2.75) is 40.0 Å². The molecule has 1 aromatic heterocycles. The minimum atomic E-state index is -0.387. The lowest BCUT2D eigenvalue weighted by atomic mass is 10.1. The summed E-state index contributed by atoms with van der Waals surface area (Å²) >= 11 is 0. The number of benzene rings is 2. The Balaban J connectivity index is 1.63. The maximum Gasteiger partial charge on any atom is 0.338 e. The fourth-order valence-corrected chi connectivity index (χ4v) is 3.23. The summed E-state index contributed by atoms with van der Waals surface area (Å²) < 4.78 is 23.9. The average molecular weight is 452 g/mol. The molecule has 0 saturated heterocycles. The SMILES string of the molecule is COc1ccc(OCCn2ccc(=O)c(OCc3cccc(C(=O)OC(C)C)c3)c2C)cc1. The number of pyridine rings is 1. The number of aromatic nitrogens is 1. The van der Waals surface area contributed by atoms with Gasteiger partial charge in [-0.1, -0.05) is 12.1 Å². The zero-order chi connectivity index (χ0) is 23.8. The van der Waals surface area contributed by atoms with Gasteiger partial charge < -0.3 is 23.5 Å². The molecule has 0 amide bonds. The Morgan fingerprint density at radius 1 is 1.00 bits per heavy atom. The van der Waals surface area contributed by atoms with Gasteiger partial charge in [-0.05, 0) is 62.7 Å². The van der Waals surface area contributed by atoms with Gasteiger partial charge in [0, 0.05) is 12.3 Å². The number of rotatable bonds is 10. The summed E-state index contributed by atoms with van der Waals surface area (Å²) in [6.45, 7) is 6.57. The van der Waals surface area contributed by atoms with E-state index in [1.807, 2.05) is 41.8 Å². The molecule has 0 aliphatic rings. The van der Waals surface area contributed by atoms with Crippen LogP contribution in [0.1, 0.15) is 35.5 Å². The lowest BCUT2D eigenvalue weighted by Crippen LogP contribution is -2.17. The smallest absolute Gasteiger partial charge is 0.338 e. The molecule has 0 radical (unpaired) electrons. The third-order valence-electron chi connectivity index (χ3n) is 4.94. The number of carbonyl (C=O) groups excluding carboxylic acids is 1. The number of carbonyl (C=O) groups is 1. The molecular weight excluding hydrogens is 422 g/mol. The zero-order valence-electron chi connectivity index (χ0n) is 19.4. The molecule has 3 rings (SSSR count). The van der Waals surface area contributed by atoms with Gasteiger partial charge in [-0.3, -0.25) is 4.79 Å². The summed E-state index contributed by atoms with van der Waals surface area (Å²) in [5.74, 6) is 1.39. The molecule has 7 heteroatoms. The van der Waals surface area contributed by atoms with Gasteiger partial charge in [0.25, 0.3) is 0 Å². The first-order chi connectivity index (χ1) is 15.9. The third-order valence-corrected chi connectivity index (χ3v) is 4.94. The Kier molecular flexibility index (Phi) is 8.13. The summed E-state index contributed by atoms with van der Waals surface area (Å²) in [4.78, 5) is 24.5. The highest BCUT2D eigenvalue weighted by Gasteiger charge is 2.12. The molecule has 0 N–H and O–H groups in total. The van der Waals surface area contributed by atoms with Gasteiger partial charge in [-0.2, -0.15) is 0 Å². The quantitative estimate of drug-likeness (QED) is 0.426. The first kappa shape index (κ1) is 23.9. The fourth-order valence-electron chi connectivity index (χ4n) is 3.23. The molecule has 0 saturated carbocycles. The summed E-state index contributed by atoms with van der Waals surface area (Å²) in [6, 6.07) is 15.8. The number of nitrogens with zero attached hydrogens (tertiary/aromatic N) is 1. The normalized spacial score (nSPS) is 10.7. The van der Waals surface area contributed by atoms with E-state index < -0.39 is 0 Å². The molecule has 7 nitrogen and oxygen atoms in total. The van der Waals surface area contributed by atoms with E-state index in [4.69, 9.17) is 18.9 Å². The molecule has 174 valence electrons. The van der Waals surface area contributed by atoms with Gasteiger partial charge in [0.2, 0.25) is 5.43 Å². The van der Waals surface area contributed by atoms with E-state index in [9.17, 15) is 9.59 Å². The van der Waals surface area contributed by atoms with Crippen LogP contribution in [0.2, 0.25) is 0 Å². The van der Waals surface area contributed by atoms with Crippen molar-refractivity contribution in [1.29, 1.82) is 0 Å². The van der Waals surface area contributed by atoms with Gasteiger partial charge in [0.15, 0.2) is 5.75 Å². The van der Waals surface area contributed by atoms with Crippen LogP contribution in [0.25, 0.3) is 0 Å². The van der Waals surface area contributed by atoms with E-state index >= 15 is 0 Å². The first-order valence-electron chi connectivity index (χ1n) is 10.8. The second-order valence-electron chi connectivity index (χ2n) is 7.76. The van der Waals surface area contributed by atoms with Crippen molar-refractivity contribution < 1.29 is 23.7 Å². The topological polar surface area (TPSA) is 76.0 Å². The zero-order valence-corrected chi connectivity index (χ0v) is 19.4. The number of methoxy groups -OCH3 is 1. The highest BCUT2D eigenvalue weighted by molar-refractivity contribution is 5.89. The van der Waals surface area contributed by atoms with Crippen molar-refractivity contribution in [1.82, 2.24) is 4.57 Å². The molecule has 3 aromatic rings. The molecule has 33 heavy (non-hydrogen) atoms. The Hall–Kier alpha value is -3.74. The Labute approximate surface area is 193 Å². The minimum absolute atomic E-state index is 0.158. The Morgan fingerprint density at radius 2 is 1.73 bits per heavy atom. The van der Waals surface area contributed by atoms with Crippen molar-refractivity contribution >= 4 is 5.97 Å². The van der Waals surface area contributed by atoms with Crippen molar-refractivity contribution in [2.24, 2.45) is 0 Å². The van der Waals surface area contributed by atoms with Gasteiger partial charge in [0.05, 0.1) is 31.0 Å². The highest BCUT2D eigenvalue weighted by atomic mass is 16.5. The molecule has 0 aliphatic heterocycles. The lowest BCUT2D eigenvalue weighted by Gasteiger charge is -2.16. The van der Waals surface area contributed by atoms with E-state index in [1.165, 1.54) is 6.07 Å². The Morgan fingerprint density at radius 3 is 2.42 bits per heavy atom. The van der Waals surface area contributed by atoms with E-state index in [-0.39, 0.29) is 29.9 Å². The largest absolute Gasteiger partial charge is 0.497 e. The highest BCUT2D eigenvalue weighted by Crippen LogP contribution is 2.18. The maximum atomic E-state index is 12.4. The third kappa shape index (κ3) is 6.62. The van der Waals surface area contributed by atoms with Crippen molar-refractivity contribution in [3.63, 3.8) is 0 Å². The van der Waals surface area contributed by atoms with Gasteiger partial charge in [-0.15, -0.1) is 0 Å². The number of ether oxygens (including phenoxy) is 4. The predicted octanol–water partition coefficient (Wildman–Crippen LogP) is 4.39. The summed E-state index contributed by atoms with van der Waals surface area (Å²) in [5, 5.41) is 0. The second kappa shape index (κ2) is 11.2. The molecule has 0 fully saturated rings. The minimum Gasteiger partial charge on any atom is -0.497 e. The number of esters is 1. The molecule has 0 bridgehead atoms. The fraction of sp³-hybridized carbons (Fsp3) is 0.308. The molecule has 1 heterocycles. The first-order valence-corrected chi connectivity index (χ1v) is 10.8. The van der Waals surface area contributed by atoms with Crippen LogP contribution in [0.4, 0.5) is 0 Å². The standard InChI is InChI=1S/C26H29NO6/c1-18(2)33-26(29)21-7-5-6-20(16-21)17-32-25-19(3)27(13-12-24(25)28)14-15-31-23-10-8-22(30-4)9-11-23/h5-13,16,18H,14-15,17H2,1-4H3. The molecule has 2 aromatic carbocycles. The molecular formula is C26H29NO6. The van der Waals surface area contributed by atoms with Gasteiger partial charge in [-0.25, -0.2) is 4.79 Å². The van der Waals surface area contributed by atoms with Crippen LogP contribution in [-0.4, -0.2) is 30.4 Å². The van der Waals surface area contributed by atoms with Crippen molar-refractivity contribution in [3.8, 4) is 17.2 Å². The maximum absolute atomic E-state index is 12.4. The monoisotopic (exact) mass is 451 g/mol. The predicted molar refractivity (Wildman–Crippen MR) is 125 cm³/mol. The number of hydrogen-bond donors (Lipinski definition) is 0. The van der Waals surface area contributed by atoms with E-state index in [2.05, 4.69) is 0 Å². The van der Waals surface area contributed by atoms with E-state index in [1.54, 1.807) is 45.4 Å². The molecule has 0 spiro atoms. The second-order valence-corrected chi connectivity index (χ2v) is 7.76. The van der Waals surface area contributed by atoms with Crippen LogP contribution in [0.3, 0.4) is 0 Å². The number of hydrogen-bond acceptors (Lipinski definition) is 6. The van der Waals surface area contributed by atoms with Crippen LogP contribution < -0.4 is 19.6 Å². The van der Waals surface area contributed by atoms with E-state index in [0.29, 0.717) is 24.4 Å². The summed E-state index contributed by atoms with van der Waals surface area (Å²) in [7, 11) is 1.62. The van der Waals surface area contributed by atoms with Gasteiger partial charge >= 0.3 is 5.97 Å². The van der Waals surface area contributed by atoms with Crippen LogP contribution in [0, 0.1) is 6.92 Å². The van der Waals surface area contributed by atoms with Crippen LogP contribution in [0.5, 0.6) is 17.2 Å². The van der Waals surface area contributed by atoms with Crippen LogP contribution in [-0.2, 0) is 17.9 Å². The van der Waals surface area contributed by atoms with E-state index in [0.717, 1.165) is 17.1 Å². The summed E-state index contributed by atoms with van der Waals surface area (Å²) in [6.07, 6.45) is 1.53. The van der Waals surface area contributed by atoms with Crippen molar-refractivity contribution in [2.75, 3.05) is 13.7 Å². The van der Waals surface area contributed by atoms with Crippen LogP contribution in [0.15, 0.2) is 65.6 Å². The van der Waals surface area contributed by atoms with Crippen molar-refractivity contribution in [3.05, 3.63) is 87.8 Å². The Bertz CT molecular complexity index is 1130. The van der Waals surface area contributed by atoms with Crippen LogP contribution >= 0.6 is 0 Å². The molecule has 0 unspecified atom stereocenters. The molecule has 0 aliphatic carbocycles.